The molecule has 2 saturated heterocycles. The molecule has 3 aliphatic heterocycles. The maximum absolute atomic E-state index is 13.8. The molecule has 4 heterocycles. The molecule has 2 fully saturated rings. The molecule has 1 atom stereocenters. The van der Waals surface area contributed by atoms with Crippen LogP contribution in [0.25, 0.3) is 5.70 Å². The topological polar surface area (TPSA) is 97.0 Å². The second-order valence-corrected chi connectivity index (χ2v) is 12.3. The van der Waals surface area contributed by atoms with Crippen molar-refractivity contribution >= 4 is 45.1 Å². The number of aromatic nitrogens is 1. The number of nitrogens with one attached hydrogen (secondary N) is 4. The summed E-state index contributed by atoms with van der Waals surface area (Å²) in [5, 5.41) is 8.84. The maximum Gasteiger partial charge on any atom is 0.416 e. The van der Waals surface area contributed by atoms with Crippen molar-refractivity contribution in [3.63, 3.8) is 0 Å². The molecule has 14 heteroatoms. The predicted octanol–water partition coefficient (Wildman–Crippen LogP) is 4.89. The van der Waals surface area contributed by atoms with E-state index in [4.69, 9.17) is 4.74 Å². The van der Waals surface area contributed by atoms with Gasteiger partial charge in [-0.3, -0.25) is 9.80 Å². The molecular weight excluding hydrogens is 593 g/mol. The van der Waals surface area contributed by atoms with E-state index in [0.29, 0.717) is 31.1 Å². The summed E-state index contributed by atoms with van der Waals surface area (Å²) in [6.45, 7) is 6.04. The Balaban J connectivity index is 1.18. The van der Waals surface area contributed by atoms with Gasteiger partial charge in [0.1, 0.15) is 0 Å². The highest BCUT2D eigenvalue weighted by Crippen LogP contribution is 2.34. The highest BCUT2D eigenvalue weighted by Gasteiger charge is 2.33. The van der Waals surface area contributed by atoms with E-state index in [9.17, 15) is 18.0 Å². The lowest BCUT2D eigenvalue weighted by atomic mass is 10.1. The number of aryl methyl sites for hydroxylation is 1. The number of hydrogen-bond donors (Lipinski definition) is 4. The molecule has 1 amide bonds. The van der Waals surface area contributed by atoms with Crippen LogP contribution in [0.3, 0.4) is 0 Å². The number of piperazine rings is 1. The van der Waals surface area contributed by atoms with E-state index in [1.54, 1.807) is 23.3 Å². The Bertz CT molecular complexity index is 1530. The number of ether oxygens (including phenoxy) is 1. The third-order valence-corrected chi connectivity index (χ3v) is 8.89. The molecule has 10 nitrogen and oxygen atoms in total. The third-order valence-electron chi connectivity index (χ3n) is 7.93. The molecule has 0 spiro atoms. The number of halogens is 3. The zero-order valence-electron chi connectivity index (χ0n) is 24.5. The molecule has 0 radical (unpaired) electrons. The number of hydrogen-bond acceptors (Lipinski definition) is 10. The summed E-state index contributed by atoms with van der Waals surface area (Å²) in [7, 11) is 1.98. The Morgan fingerprint density at radius 2 is 1.95 bits per heavy atom. The van der Waals surface area contributed by atoms with Gasteiger partial charge in [0.15, 0.2) is 5.13 Å². The number of hydrazine groups is 2. The molecule has 0 saturated carbocycles. The van der Waals surface area contributed by atoms with Crippen LogP contribution in [0.4, 0.5) is 35.4 Å². The summed E-state index contributed by atoms with van der Waals surface area (Å²) in [4.78, 5) is 22.8. The molecule has 234 valence electrons. The van der Waals surface area contributed by atoms with Crippen molar-refractivity contribution in [2.75, 3.05) is 67.0 Å². The lowest BCUT2D eigenvalue weighted by molar-refractivity contribution is -0.137. The number of carbonyl (C=O) groups is 1. The molecule has 0 aliphatic carbocycles. The maximum atomic E-state index is 13.8. The van der Waals surface area contributed by atoms with Crippen LogP contribution in [-0.2, 0) is 10.9 Å². The van der Waals surface area contributed by atoms with Crippen LogP contribution < -0.4 is 31.5 Å². The molecule has 0 bridgehead atoms. The van der Waals surface area contributed by atoms with Gasteiger partial charge in [-0.2, -0.15) is 13.2 Å². The van der Waals surface area contributed by atoms with E-state index in [-0.39, 0.29) is 11.6 Å². The van der Waals surface area contributed by atoms with E-state index < -0.39 is 17.6 Å². The van der Waals surface area contributed by atoms with Gasteiger partial charge in [-0.25, -0.2) is 4.98 Å². The second-order valence-electron chi connectivity index (χ2n) is 11.2. The van der Waals surface area contributed by atoms with Gasteiger partial charge < -0.3 is 30.6 Å². The molecule has 1 unspecified atom stereocenters. The number of nitrogens with zero attached hydrogens (tertiary/aromatic N) is 4. The average molecular weight is 629 g/mol. The normalized spacial score (nSPS) is 19.5. The first kappa shape index (κ1) is 30.2. The Labute approximate surface area is 257 Å². The second kappa shape index (κ2) is 12.6. The van der Waals surface area contributed by atoms with Crippen molar-refractivity contribution in [3.8, 4) is 0 Å². The van der Waals surface area contributed by atoms with Gasteiger partial charge in [0.2, 0.25) is 0 Å². The van der Waals surface area contributed by atoms with Crippen LogP contribution in [0.2, 0.25) is 0 Å². The van der Waals surface area contributed by atoms with Gasteiger partial charge in [0.25, 0.3) is 5.91 Å². The number of thiazole rings is 1. The van der Waals surface area contributed by atoms with Gasteiger partial charge in [-0.1, -0.05) is 17.4 Å². The fourth-order valence-corrected chi connectivity index (χ4v) is 6.23. The number of alkyl halides is 3. The lowest BCUT2D eigenvalue weighted by Crippen LogP contribution is -2.44. The minimum Gasteiger partial charge on any atom is -0.379 e. The molecule has 1 aromatic heterocycles. The minimum atomic E-state index is -4.58. The van der Waals surface area contributed by atoms with Crippen LogP contribution in [-0.4, -0.2) is 68.3 Å². The van der Waals surface area contributed by atoms with Crippen LogP contribution in [0.5, 0.6) is 0 Å². The van der Waals surface area contributed by atoms with Gasteiger partial charge in [0.05, 0.1) is 34.5 Å². The zero-order chi connectivity index (χ0) is 30.8. The summed E-state index contributed by atoms with van der Waals surface area (Å²) in [6.07, 6.45) is 1.19. The first-order valence-corrected chi connectivity index (χ1v) is 15.3. The molecule has 6 rings (SSSR count). The van der Waals surface area contributed by atoms with Crippen molar-refractivity contribution in [2.45, 2.75) is 32.0 Å². The third kappa shape index (κ3) is 6.93. The van der Waals surface area contributed by atoms with Crippen molar-refractivity contribution < 1.29 is 22.7 Å². The number of amides is 1. The molecule has 2 aromatic carbocycles. The molecule has 4 N–H and O–H groups in total. The molecular formula is C30H35F3N8O2S. The fraction of sp³-hybridized carbons (Fsp3) is 0.400. The zero-order valence-corrected chi connectivity index (χ0v) is 25.3. The Kier molecular flexibility index (Phi) is 8.67. The van der Waals surface area contributed by atoms with Crippen LogP contribution in [0.15, 0.2) is 48.8 Å². The predicted molar refractivity (Wildman–Crippen MR) is 167 cm³/mol. The smallest absolute Gasteiger partial charge is 0.379 e. The van der Waals surface area contributed by atoms with E-state index in [0.717, 1.165) is 71.6 Å². The van der Waals surface area contributed by atoms with Crippen LogP contribution in [0, 0.1) is 6.92 Å². The van der Waals surface area contributed by atoms with Gasteiger partial charge >= 0.3 is 6.18 Å². The summed E-state index contributed by atoms with van der Waals surface area (Å²) in [5.74, 6) is -0.613. The average Bonchev–Trinajstić information content (AvgIpc) is 3.68. The number of carbonyl (C=O) groups excluding carboxylic acids is 1. The van der Waals surface area contributed by atoms with Gasteiger partial charge in [-0.05, 0) is 62.7 Å². The van der Waals surface area contributed by atoms with E-state index in [1.807, 2.05) is 31.1 Å². The highest BCUT2D eigenvalue weighted by molar-refractivity contribution is 7.16. The first-order valence-electron chi connectivity index (χ1n) is 14.5. The van der Waals surface area contributed by atoms with Crippen LogP contribution in [0.1, 0.15) is 39.2 Å². The molecule has 44 heavy (non-hydrogen) atoms. The lowest BCUT2D eigenvalue weighted by Gasteiger charge is -2.34. The standard InChI is InChI=1S/C30H35F3N8O2S/c1-19-5-6-22(35-28(42)20-12-21(30(31,32)33)14-24(13-20)40-9-7-39(2)8-10-40)15-26(19)41-17-25(37-38-41)27-16-34-29(44-27)36-23-4-3-11-43-18-23/h5-6,12-17,23,37-38H,3-4,7-11,18H2,1-2H3,(H,34,36)(H,35,42). The quantitative estimate of drug-likeness (QED) is 0.292. The number of rotatable bonds is 7. The monoisotopic (exact) mass is 628 g/mol. The van der Waals surface area contributed by atoms with Crippen molar-refractivity contribution in [2.24, 2.45) is 0 Å². The Morgan fingerprint density at radius 1 is 1.14 bits per heavy atom. The summed E-state index contributed by atoms with van der Waals surface area (Å²) >= 11 is 1.53. The van der Waals surface area contributed by atoms with Crippen LogP contribution >= 0.6 is 11.3 Å². The molecule has 3 aliphatic rings. The Morgan fingerprint density at radius 3 is 2.70 bits per heavy atom. The summed E-state index contributed by atoms with van der Waals surface area (Å²) < 4.78 is 47.0. The minimum absolute atomic E-state index is 0.0478. The fourth-order valence-electron chi connectivity index (χ4n) is 5.37. The Hall–Kier alpha value is -3.85. The highest BCUT2D eigenvalue weighted by atomic mass is 32.1. The van der Waals surface area contributed by atoms with Gasteiger partial charge in [0, 0.05) is 62.1 Å². The number of anilines is 4. The van der Waals surface area contributed by atoms with E-state index in [2.05, 4.69) is 31.5 Å². The molecule has 3 aromatic rings. The van der Waals surface area contributed by atoms with Crippen molar-refractivity contribution in [3.05, 3.63) is 70.4 Å². The SMILES string of the molecule is Cc1ccc(NC(=O)c2cc(N3CCN(C)CC3)cc(C(F)(F)F)c2)cc1N1C=C(c2cnc(NC3CCCOC3)s2)NN1. The number of benzene rings is 2. The van der Waals surface area contributed by atoms with Gasteiger partial charge in [-0.15, -0.1) is 5.53 Å². The van der Waals surface area contributed by atoms with E-state index in [1.165, 1.54) is 17.4 Å². The summed E-state index contributed by atoms with van der Waals surface area (Å²) in [5.41, 5.74) is 8.75. The largest absolute Gasteiger partial charge is 0.416 e. The van der Waals surface area contributed by atoms with E-state index >= 15 is 0 Å². The summed E-state index contributed by atoms with van der Waals surface area (Å²) in [6, 6.07) is 9.17. The number of likely N-dealkylation sites (N-methyl/N-ethyl adjacent to an activating group) is 1. The van der Waals surface area contributed by atoms with Crippen molar-refractivity contribution in [1.29, 1.82) is 0 Å². The van der Waals surface area contributed by atoms with Crippen molar-refractivity contribution in [1.82, 2.24) is 20.8 Å². The first-order chi connectivity index (χ1) is 21.1.